The molecule has 0 rings (SSSR count). The summed E-state index contributed by atoms with van der Waals surface area (Å²) in [5, 5.41) is 3.32. The van der Waals surface area contributed by atoms with Gasteiger partial charge in [0.2, 0.25) is 6.21 Å². The van der Waals surface area contributed by atoms with Crippen molar-refractivity contribution >= 4 is 12.0 Å². The van der Waals surface area contributed by atoms with Crippen molar-refractivity contribution in [2.24, 2.45) is 0 Å². The van der Waals surface area contributed by atoms with Gasteiger partial charge in [-0.25, -0.2) is 0 Å². The third-order valence-corrected chi connectivity index (χ3v) is 0.733. The minimum absolute atomic E-state index is 0.361. The topological polar surface area (TPSA) is 34.3 Å². The van der Waals surface area contributed by atoms with Crippen LogP contribution in [0, 0.1) is 0 Å². The van der Waals surface area contributed by atoms with Crippen LogP contribution in [0.3, 0.4) is 0 Å². The molecule has 0 aliphatic rings. The molecule has 0 saturated carbocycles. The molecule has 0 radical (unpaired) electrons. The number of ketones is 1. The van der Waals surface area contributed by atoms with Gasteiger partial charge in [-0.2, -0.15) is 18.2 Å². The van der Waals surface area contributed by atoms with E-state index in [2.05, 4.69) is 5.10 Å². The van der Waals surface area contributed by atoms with Crippen molar-refractivity contribution < 1.29 is 23.1 Å². The monoisotopic (exact) mass is 169 g/mol. The summed E-state index contributed by atoms with van der Waals surface area (Å²) in [6.07, 6.45) is -4.43. The quantitative estimate of drug-likeness (QED) is 0.414. The molecule has 0 aliphatic heterocycles. The molecule has 0 bridgehead atoms. The second-order valence-electron chi connectivity index (χ2n) is 2.03. The molecule has 0 fully saturated rings. The number of hydrogen-bond acceptors (Lipinski definition) is 2. The Morgan fingerprint density at radius 3 is 2.18 bits per heavy atom. The number of hydrazone groups is 1. The second-order valence-corrected chi connectivity index (χ2v) is 2.03. The number of rotatable bonds is 2. The molecule has 64 valence electrons. The summed E-state index contributed by atoms with van der Waals surface area (Å²) in [5.41, 5.74) is 0. The zero-order chi connectivity index (χ0) is 9.07. The van der Waals surface area contributed by atoms with E-state index in [1.807, 2.05) is 0 Å². The van der Waals surface area contributed by atoms with E-state index in [9.17, 15) is 18.0 Å². The highest BCUT2D eigenvalue weighted by molar-refractivity contribution is 6.27. The zero-order valence-electron chi connectivity index (χ0n) is 6.07. The summed E-state index contributed by atoms with van der Waals surface area (Å²) in [7, 11) is 2.94. The van der Waals surface area contributed by atoms with Crippen LogP contribution in [-0.2, 0) is 4.79 Å². The fourth-order valence-corrected chi connectivity index (χ4v) is 0.270. The molecule has 11 heavy (non-hydrogen) atoms. The van der Waals surface area contributed by atoms with E-state index in [1.165, 1.54) is 19.1 Å². The van der Waals surface area contributed by atoms with Crippen LogP contribution < -0.4 is 5.10 Å². The Hall–Kier alpha value is -1.07. The van der Waals surface area contributed by atoms with Crippen LogP contribution in [0.15, 0.2) is 0 Å². The lowest BCUT2D eigenvalue weighted by Gasteiger charge is -1.97. The predicted molar refractivity (Wildman–Crippen MR) is 31.8 cm³/mol. The largest absolute Gasteiger partial charge is 0.460 e. The Kier molecular flexibility index (Phi) is 3.03. The summed E-state index contributed by atoms with van der Waals surface area (Å²) in [5.74, 6) is -1.90. The third-order valence-electron chi connectivity index (χ3n) is 0.733. The first kappa shape index (κ1) is 9.93. The molecule has 0 spiro atoms. The summed E-state index contributed by atoms with van der Waals surface area (Å²) in [6, 6.07) is 0. The molecular formula is C5H8F3N2O+. The fraction of sp³-hybridized carbons (Fsp3) is 0.600. The number of nitrogens with zero attached hydrogens (tertiary/aromatic N) is 1. The smallest absolute Gasteiger partial charge is 0.278 e. The first-order chi connectivity index (χ1) is 4.84. The average molecular weight is 169 g/mol. The third kappa shape index (κ3) is 4.35. The Bertz CT molecular complexity index is 173. The molecule has 0 aliphatic carbocycles. The predicted octanol–water partition coefficient (Wildman–Crippen LogP) is -1.25. The highest BCUT2D eigenvalue weighted by Gasteiger charge is 2.39. The lowest BCUT2D eigenvalue weighted by molar-refractivity contribution is -0.626. The van der Waals surface area contributed by atoms with E-state index in [1.54, 1.807) is 0 Å². The van der Waals surface area contributed by atoms with Crippen molar-refractivity contribution in [2.75, 3.05) is 14.1 Å². The Labute approximate surface area is 61.5 Å². The second kappa shape index (κ2) is 3.36. The molecule has 0 aromatic rings. The van der Waals surface area contributed by atoms with Gasteiger partial charge in [0.25, 0.3) is 0 Å². The number of Topliss-reactive ketones (excluding diaryl/α,β-unsaturated/α-hetero) is 1. The maximum absolute atomic E-state index is 11.5. The maximum atomic E-state index is 11.5. The van der Waals surface area contributed by atoms with Crippen LogP contribution in [0.25, 0.3) is 0 Å². The van der Waals surface area contributed by atoms with Gasteiger partial charge in [0.05, 0.1) is 14.1 Å². The number of carbonyl (C=O) groups excluding carboxylic acids is 1. The Morgan fingerprint density at radius 2 is 1.91 bits per heavy atom. The van der Waals surface area contributed by atoms with Crippen molar-refractivity contribution in [2.45, 2.75) is 6.18 Å². The standard InChI is InChI=1S/C5H7F3N2O/c1-10(2)9-3-4(11)5(6,7)8/h3H,1-2H3/p+1. The fourth-order valence-electron chi connectivity index (χ4n) is 0.270. The number of hydrogen-bond donors (Lipinski definition) is 1. The first-order valence-corrected chi connectivity index (χ1v) is 2.72. The lowest BCUT2D eigenvalue weighted by atomic mass is 10.4. The van der Waals surface area contributed by atoms with Gasteiger partial charge in [0.15, 0.2) is 0 Å². The van der Waals surface area contributed by atoms with Gasteiger partial charge in [0, 0.05) is 0 Å². The summed E-state index contributed by atoms with van der Waals surface area (Å²) < 4.78 is 34.4. The van der Waals surface area contributed by atoms with Crippen LogP contribution in [0.1, 0.15) is 0 Å². The van der Waals surface area contributed by atoms with E-state index < -0.39 is 12.0 Å². The molecule has 0 heterocycles. The van der Waals surface area contributed by atoms with Crippen LogP contribution in [0.5, 0.6) is 0 Å². The van der Waals surface area contributed by atoms with E-state index in [4.69, 9.17) is 0 Å². The van der Waals surface area contributed by atoms with E-state index >= 15 is 0 Å². The maximum Gasteiger partial charge on any atom is 0.460 e. The van der Waals surface area contributed by atoms with Crippen LogP contribution >= 0.6 is 0 Å². The number of nitrogens with one attached hydrogen (secondary N) is 1. The van der Waals surface area contributed by atoms with Crippen LogP contribution in [0.2, 0.25) is 0 Å². The molecular weight excluding hydrogens is 161 g/mol. The first-order valence-electron chi connectivity index (χ1n) is 2.72. The molecule has 1 N–H and O–H groups in total. The molecule has 0 aromatic carbocycles. The van der Waals surface area contributed by atoms with Gasteiger partial charge < -0.3 is 0 Å². The van der Waals surface area contributed by atoms with E-state index in [-0.39, 0.29) is 0 Å². The van der Waals surface area contributed by atoms with Gasteiger partial charge >= 0.3 is 12.0 Å². The van der Waals surface area contributed by atoms with Gasteiger partial charge in [-0.05, 0) is 0 Å². The van der Waals surface area contributed by atoms with Crippen LogP contribution in [-0.4, -0.2) is 37.3 Å². The zero-order valence-corrected chi connectivity index (χ0v) is 6.07. The minimum Gasteiger partial charge on any atom is -0.278 e. The molecule has 0 amide bonds. The van der Waals surface area contributed by atoms with Crippen molar-refractivity contribution in [3.8, 4) is 0 Å². The normalized spacial score (nSPS) is 12.1. The average Bonchev–Trinajstić information content (AvgIpc) is 1.80. The minimum atomic E-state index is -4.79. The molecule has 0 saturated heterocycles. The van der Waals surface area contributed by atoms with Gasteiger partial charge in [-0.3, -0.25) is 4.79 Å². The molecule has 6 heteroatoms. The Morgan fingerprint density at radius 1 is 1.45 bits per heavy atom. The number of hydrazine groups is 1. The van der Waals surface area contributed by atoms with Gasteiger partial charge in [0.1, 0.15) is 0 Å². The molecule has 3 nitrogen and oxygen atoms in total. The molecule has 0 atom stereocenters. The van der Waals surface area contributed by atoms with Crippen LogP contribution in [0.4, 0.5) is 13.2 Å². The molecule has 0 unspecified atom stereocenters. The van der Waals surface area contributed by atoms with Gasteiger partial charge in [-0.1, -0.05) is 0 Å². The lowest BCUT2D eigenvalue weighted by Crippen LogP contribution is -2.79. The summed E-state index contributed by atoms with van der Waals surface area (Å²) >= 11 is 0. The van der Waals surface area contributed by atoms with Crippen molar-refractivity contribution in [1.29, 1.82) is 0 Å². The summed E-state index contributed by atoms with van der Waals surface area (Å²) in [4.78, 5) is 10.1. The van der Waals surface area contributed by atoms with E-state index in [0.29, 0.717) is 6.21 Å². The molecule has 0 aromatic heterocycles. The number of alkyl halides is 3. The van der Waals surface area contributed by atoms with Crippen molar-refractivity contribution in [3.05, 3.63) is 0 Å². The summed E-state index contributed by atoms with van der Waals surface area (Å²) in [6.45, 7) is 0. The number of halogens is 3. The SMILES string of the molecule is CN(C)[NH+]=CC(=O)C(F)(F)F. The van der Waals surface area contributed by atoms with Crippen molar-refractivity contribution in [3.63, 3.8) is 0 Å². The van der Waals surface area contributed by atoms with Gasteiger partial charge in [-0.15, -0.1) is 5.10 Å². The highest BCUT2D eigenvalue weighted by Crippen LogP contribution is 2.13. The van der Waals surface area contributed by atoms with E-state index in [0.717, 1.165) is 0 Å². The highest BCUT2D eigenvalue weighted by atomic mass is 19.4. The number of carbonyl (C=O) groups is 1. The Balaban J connectivity index is 4.09. The van der Waals surface area contributed by atoms with Crippen molar-refractivity contribution in [1.82, 2.24) is 5.01 Å².